The highest BCUT2D eigenvalue weighted by molar-refractivity contribution is 5.29. The van der Waals surface area contributed by atoms with Crippen molar-refractivity contribution in [2.75, 3.05) is 19.6 Å². The Morgan fingerprint density at radius 2 is 1.86 bits per heavy atom. The van der Waals surface area contributed by atoms with E-state index in [0.29, 0.717) is 48.0 Å². The largest absolute Gasteiger partial charge is 0.388 e. The van der Waals surface area contributed by atoms with Gasteiger partial charge in [0, 0.05) is 13.0 Å². The van der Waals surface area contributed by atoms with Crippen molar-refractivity contribution >= 4 is 0 Å². The van der Waals surface area contributed by atoms with Crippen LogP contribution in [-0.4, -0.2) is 53.4 Å². The van der Waals surface area contributed by atoms with Crippen LogP contribution in [0, 0.1) is 29.1 Å². The summed E-state index contributed by atoms with van der Waals surface area (Å²) >= 11 is 0. The molecular formula is C30H47F2NO2. The zero-order valence-corrected chi connectivity index (χ0v) is 21.9. The second-order valence-electron chi connectivity index (χ2n) is 12.4. The van der Waals surface area contributed by atoms with E-state index in [1.165, 1.54) is 32.1 Å². The molecule has 4 fully saturated rings. The molecule has 0 aromatic carbocycles. The molecule has 3 aliphatic carbocycles. The second-order valence-corrected chi connectivity index (χ2v) is 12.4. The number of aliphatic hydroxyl groups excluding tert-OH is 2. The summed E-state index contributed by atoms with van der Waals surface area (Å²) < 4.78 is 25.1. The van der Waals surface area contributed by atoms with E-state index >= 15 is 0 Å². The Labute approximate surface area is 211 Å². The molecule has 0 aromatic rings. The fourth-order valence-electron chi connectivity index (χ4n) is 7.94. The van der Waals surface area contributed by atoms with Crippen molar-refractivity contribution < 1.29 is 19.0 Å². The third-order valence-electron chi connectivity index (χ3n) is 10.1. The molecule has 7 atom stereocenters. The standard InChI is InChI=1S/C30H47F2NO2/c1-20(12-15-33-16-13-22(19-33)7-11-29(31)32)25-9-10-26-24(5-4-14-30(25,26)3)8-6-23-17-27(34)21(2)28(35)18-23/h6,8,20,22,25-29,34-35H,2,4-5,7,9-19H2,1,3H3/b24-8+/t20?,22-,25-,26+,27-,28-,30-/m1/s1. The number of allylic oxidation sites excluding steroid dienone is 3. The SMILES string of the molecule is C=C1[C@H](O)CC(=C/C=C2\CCC[C@]3(C)[C@@H](C(C)CCN4CC[C@@H](CCC(F)F)C4)CC[C@@H]23)C[C@H]1O. The molecule has 1 saturated heterocycles. The average Bonchev–Trinajstić information content (AvgIpc) is 3.42. The second kappa shape index (κ2) is 11.6. The van der Waals surface area contributed by atoms with Crippen molar-refractivity contribution in [3.05, 3.63) is 35.5 Å². The summed E-state index contributed by atoms with van der Waals surface area (Å²) in [6.45, 7) is 12.0. The Morgan fingerprint density at radius 1 is 1.11 bits per heavy atom. The molecule has 0 radical (unpaired) electrons. The molecule has 3 saturated carbocycles. The number of nitrogens with zero attached hydrogens (tertiary/aromatic N) is 1. The molecule has 2 N–H and O–H groups in total. The van der Waals surface area contributed by atoms with Crippen LogP contribution in [0.2, 0.25) is 0 Å². The Morgan fingerprint density at radius 3 is 2.57 bits per heavy atom. The summed E-state index contributed by atoms with van der Waals surface area (Å²) in [6, 6.07) is 0. The van der Waals surface area contributed by atoms with Gasteiger partial charge in [-0.3, -0.25) is 0 Å². The van der Waals surface area contributed by atoms with E-state index in [1.54, 1.807) is 5.57 Å². The molecule has 1 heterocycles. The fraction of sp³-hybridized carbons (Fsp3) is 0.800. The van der Waals surface area contributed by atoms with Gasteiger partial charge in [-0.05, 0) is 112 Å². The molecule has 0 amide bonds. The van der Waals surface area contributed by atoms with Crippen LogP contribution in [0.5, 0.6) is 0 Å². The number of rotatable bonds is 8. The molecule has 4 rings (SSSR count). The first-order valence-corrected chi connectivity index (χ1v) is 14.1. The monoisotopic (exact) mass is 491 g/mol. The van der Waals surface area contributed by atoms with Crippen molar-refractivity contribution in [3.8, 4) is 0 Å². The summed E-state index contributed by atoms with van der Waals surface area (Å²) in [5.74, 6) is 2.51. The normalized spacial score (nSPS) is 38.4. The van der Waals surface area contributed by atoms with Crippen LogP contribution < -0.4 is 0 Å². The van der Waals surface area contributed by atoms with Gasteiger partial charge in [0.2, 0.25) is 6.43 Å². The van der Waals surface area contributed by atoms with Crippen molar-refractivity contribution in [2.24, 2.45) is 29.1 Å². The minimum atomic E-state index is -2.16. The zero-order chi connectivity index (χ0) is 25.2. The molecule has 1 aliphatic heterocycles. The maximum absolute atomic E-state index is 12.6. The van der Waals surface area contributed by atoms with Crippen LogP contribution in [0.3, 0.4) is 0 Å². The van der Waals surface area contributed by atoms with Crippen molar-refractivity contribution in [3.63, 3.8) is 0 Å². The number of hydrogen-bond acceptors (Lipinski definition) is 3. The number of alkyl halides is 2. The third kappa shape index (κ3) is 6.27. The summed E-state index contributed by atoms with van der Waals surface area (Å²) in [4.78, 5) is 2.52. The average molecular weight is 492 g/mol. The number of halogens is 2. The predicted molar refractivity (Wildman–Crippen MR) is 138 cm³/mol. The summed E-state index contributed by atoms with van der Waals surface area (Å²) in [5.41, 5.74) is 3.59. The highest BCUT2D eigenvalue weighted by Crippen LogP contribution is 2.59. The van der Waals surface area contributed by atoms with Gasteiger partial charge >= 0.3 is 0 Å². The van der Waals surface area contributed by atoms with Crippen molar-refractivity contribution in [2.45, 2.75) is 103 Å². The van der Waals surface area contributed by atoms with Crippen LogP contribution in [0.25, 0.3) is 0 Å². The van der Waals surface area contributed by atoms with E-state index in [0.717, 1.165) is 44.0 Å². The van der Waals surface area contributed by atoms with Gasteiger partial charge in [0.05, 0.1) is 12.2 Å². The first-order valence-electron chi connectivity index (χ1n) is 14.1. The molecule has 1 unspecified atom stereocenters. The topological polar surface area (TPSA) is 43.7 Å². The van der Waals surface area contributed by atoms with Gasteiger partial charge < -0.3 is 15.1 Å². The molecule has 0 aromatic heterocycles. The Hall–Kier alpha value is -1.04. The Balaban J connectivity index is 1.33. The maximum Gasteiger partial charge on any atom is 0.238 e. The van der Waals surface area contributed by atoms with E-state index in [1.807, 2.05) is 0 Å². The van der Waals surface area contributed by atoms with Gasteiger partial charge in [0.25, 0.3) is 0 Å². The molecular weight excluding hydrogens is 444 g/mol. The molecule has 5 heteroatoms. The van der Waals surface area contributed by atoms with E-state index < -0.39 is 18.6 Å². The fourth-order valence-corrected chi connectivity index (χ4v) is 7.94. The molecule has 35 heavy (non-hydrogen) atoms. The lowest BCUT2D eigenvalue weighted by Crippen LogP contribution is -2.37. The summed E-state index contributed by atoms with van der Waals surface area (Å²) in [7, 11) is 0. The van der Waals surface area contributed by atoms with Gasteiger partial charge in [0.15, 0.2) is 0 Å². The molecule has 0 spiro atoms. The van der Waals surface area contributed by atoms with Gasteiger partial charge in [-0.15, -0.1) is 0 Å². The molecule has 0 bridgehead atoms. The first kappa shape index (κ1) is 27.0. The zero-order valence-electron chi connectivity index (χ0n) is 21.9. The first-order chi connectivity index (χ1) is 16.7. The molecule has 198 valence electrons. The lowest BCUT2D eigenvalue weighted by molar-refractivity contribution is 0.0895. The van der Waals surface area contributed by atoms with E-state index in [4.69, 9.17) is 0 Å². The summed E-state index contributed by atoms with van der Waals surface area (Å²) in [5, 5.41) is 20.4. The number of hydrogen-bond donors (Lipinski definition) is 2. The van der Waals surface area contributed by atoms with Crippen LogP contribution in [-0.2, 0) is 0 Å². The van der Waals surface area contributed by atoms with Crippen molar-refractivity contribution in [1.29, 1.82) is 0 Å². The lowest BCUT2D eigenvalue weighted by atomic mass is 9.61. The number of likely N-dealkylation sites (tertiary alicyclic amines) is 1. The van der Waals surface area contributed by atoms with Crippen LogP contribution in [0.1, 0.15) is 84.5 Å². The number of aliphatic hydroxyl groups is 2. The van der Waals surface area contributed by atoms with Gasteiger partial charge in [-0.2, -0.15) is 0 Å². The van der Waals surface area contributed by atoms with E-state index in [2.05, 4.69) is 37.5 Å². The predicted octanol–water partition coefficient (Wildman–Crippen LogP) is 6.52. The smallest absolute Gasteiger partial charge is 0.238 e. The van der Waals surface area contributed by atoms with Gasteiger partial charge in [0.1, 0.15) is 0 Å². The highest BCUT2D eigenvalue weighted by atomic mass is 19.3. The van der Waals surface area contributed by atoms with Crippen LogP contribution in [0.4, 0.5) is 8.78 Å². The summed E-state index contributed by atoms with van der Waals surface area (Å²) in [6.07, 6.45) is 11.5. The van der Waals surface area contributed by atoms with Gasteiger partial charge in [-0.1, -0.05) is 43.7 Å². The Kier molecular flexibility index (Phi) is 8.92. The lowest BCUT2D eigenvalue weighted by Gasteiger charge is -2.44. The maximum atomic E-state index is 12.6. The van der Waals surface area contributed by atoms with E-state index in [9.17, 15) is 19.0 Å². The minimum Gasteiger partial charge on any atom is -0.388 e. The Bertz CT molecular complexity index is 792. The van der Waals surface area contributed by atoms with Gasteiger partial charge in [-0.25, -0.2) is 8.78 Å². The van der Waals surface area contributed by atoms with Crippen LogP contribution >= 0.6 is 0 Å². The molecule has 4 aliphatic rings. The minimum absolute atomic E-state index is 0.0553. The van der Waals surface area contributed by atoms with Crippen molar-refractivity contribution in [1.82, 2.24) is 4.90 Å². The van der Waals surface area contributed by atoms with E-state index in [-0.39, 0.29) is 6.42 Å². The van der Waals surface area contributed by atoms with Crippen LogP contribution in [0.15, 0.2) is 35.5 Å². The third-order valence-corrected chi connectivity index (χ3v) is 10.1. The number of fused-ring (bicyclic) bond motifs is 1. The highest BCUT2D eigenvalue weighted by Gasteiger charge is 2.50. The quantitative estimate of drug-likeness (QED) is 0.380. The molecule has 3 nitrogen and oxygen atoms in total.